The van der Waals surface area contributed by atoms with Crippen LogP contribution in [0.5, 0.6) is 0 Å². The predicted octanol–water partition coefficient (Wildman–Crippen LogP) is 0.711. The van der Waals surface area contributed by atoms with E-state index in [2.05, 4.69) is 0 Å². The molecule has 0 bridgehead atoms. The summed E-state index contributed by atoms with van der Waals surface area (Å²) in [5, 5.41) is 5.01. The molecule has 0 unspecified atom stereocenters. The van der Waals surface area contributed by atoms with Crippen molar-refractivity contribution in [2.24, 2.45) is 11.1 Å². The Morgan fingerprint density at radius 2 is 1.70 bits per heavy atom. The van der Waals surface area contributed by atoms with Crippen LogP contribution in [0.25, 0.3) is 0 Å². The van der Waals surface area contributed by atoms with Gasteiger partial charge in [0.1, 0.15) is 0 Å². The van der Waals surface area contributed by atoms with Crippen molar-refractivity contribution >= 4 is 26.0 Å². The van der Waals surface area contributed by atoms with E-state index in [9.17, 15) is 21.6 Å². The number of benzene rings is 1. The van der Waals surface area contributed by atoms with Gasteiger partial charge in [0.25, 0.3) is 0 Å². The van der Waals surface area contributed by atoms with Crippen molar-refractivity contribution in [1.29, 1.82) is 0 Å². The average Bonchev–Trinajstić information content (AvgIpc) is 2.44. The second kappa shape index (κ2) is 7.41. The normalized spacial score (nSPS) is 13.6. The molecule has 0 saturated carbocycles. The molecule has 0 heterocycles. The molecule has 7 nitrogen and oxygen atoms in total. The topological polar surface area (TPSA) is 115 Å². The molecule has 130 valence electrons. The molecule has 0 aliphatic carbocycles. The first-order valence-corrected chi connectivity index (χ1v) is 10.5. The van der Waals surface area contributed by atoms with Crippen LogP contribution in [-0.2, 0) is 31.3 Å². The van der Waals surface area contributed by atoms with Crippen LogP contribution in [-0.4, -0.2) is 39.8 Å². The van der Waals surface area contributed by atoms with E-state index in [1.807, 2.05) is 6.92 Å². The Morgan fingerprint density at radius 3 is 2.09 bits per heavy atom. The monoisotopic (exact) mass is 362 g/mol. The van der Waals surface area contributed by atoms with Gasteiger partial charge in [0.05, 0.1) is 11.2 Å². The molecule has 1 aromatic carbocycles. The number of carbonyl (C=O) groups is 1. The zero-order valence-electron chi connectivity index (χ0n) is 13.4. The number of amides is 1. The number of nitrogens with zero attached hydrogens (tertiary/aromatic N) is 1. The number of primary sulfonamides is 1. The first kappa shape index (κ1) is 19.6. The highest BCUT2D eigenvalue weighted by atomic mass is 32.2. The van der Waals surface area contributed by atoms with E-state index < -0.39 is 26.0 Å². The van der Waals surface area contributed by atoms with Crippen molar-refractivity contribution in [3.63, 3.8) is 0 Å². The second-order valence-electron chi connectivity index (χ2n) is 5.42. The van der Waals surface area contributed by atoms with Crippen LogP contribution in [0.2, 0.25) is 0 Å². The van der Waals surface area contributed by atoms with E-state index in [1.165, 1.54) is 12.1 Å². The maximum Gasteiger partial charge on any atom is 0.238 e. The maximum atomic E-state index is 12.2. The van der Waals surface area contributed by atoms with E-state index >= 15 is 0 Å². The Balaban J connectivity index is 2.89. The highest BCUT2D eigenvalue weighted by Crippen LogP contribution is 2.13. The highest BCUT2D eigenvalue weighted by molar-refractivity contribution is 7.89. The third-order valence-corrected chi connectivity index (χ3v) is 5.63. The second-order valence-corrected chi connectivity index (χ2v) is 8.89. The van der Waals surface area contributed by atoms with Gasteiger partial charge in [-0.3, -0.25) is 4.79 Å². The third-order valence-electron chi connectivity index (χ3n) is 3.54. The molecular weight excluding hydrogens is 340 g/mol. The van der Waals surface area contributed by atoms with Gasteiger partial charge in [0, 0.05) is 12.5 Å². The molecule has 0 radical (unpaired) electrons. The Morgan fingerprint density at radius 1 is 1.17 bits per heavy atom. The molecule has 0 saturated heterocycles. The van der Waals surface area contributed by atoms with E-state index in [0.717, 1.165) is 10.6 Å². The lowest BCUT2D eigenvalue weighted by molar-refractivity contribution is -0.130. The van der Waals surface area contributed by atoms with Crippen LogP contribution in [0.1, 0.15) is 25.8 Å². The lowest BCUT2D eigenvalue weighted by atomic mass is 10.1. The smallest absolute Gasteiger partial charge is 0.238 e. The van der Waals surface area contributed by atoms with Crippen LogP contribution in [0.3, 0.4) is 0 Å². The fourth-order valence-corrected chi connectivity index (χ4v) is 3.38. The fourth-order valence-electron chi connectivity index (χ4n) is 1.94. The van der Waals surface area contributed by atoms with Crippen LogP contribution in [0, 0.1) is 5.92 Å². The number of rotatable bonds is 7. The molecule has 0 aliphatic heterocycles. The molecule has 0 aliphatic rings. The minimum atomic E-state index is -3.76. The summed E-state index contributed by atoms with van der Waals surface area (Å²) >= 11 is 0. The Labute approximate surface area is 137 Å². The minimum Gasteiger partial charge on any atom is -0.274 e. The summed E-state index contributed by atoms with van der Waals surface area (Å²) in [4.78, 5) is 12.2. The Hall–Kier alpha value is -1.45. The predicted molar refractivity (Wildman–Crippen MR) is 87.5 cm³/mol. The fraction of sp³-hybridized carbons (Fsp3) is 0.500. The quantitative estimate of drug-likeness (QED) is 0.767. The van der Waals surface area contributed by atoms with Gasteiger partial charge in [-0.05, 0) is 30.5 Å². The largest absolute Gasteiger partial charge is 0.274 e. The zero-order valence-corrected chi connectivity index (χ0v) is 15.0. The average molecular weight is 362 g/mol. The number of hydrogen-bond acceptors (Lipinski definition) is 5. The van der Waals surface area contributed by atoms with Gasteiger partial charge in [-0.25, -0.2) is 26.3 Å². The van der Waals surface area contributed by atoms with Gasteiger partial charge < -0.3 is 0 Å². The van der Waals surface area contributed by atoms with Gasteiger partial charge in [-0.15, -0.1) is 0 Å². The van der Waals surface area contributed by atoms with E-state index in [4.69, 9.17) is 5.14 Å². The minimum absolute atomic E-state index is 0.0106. The Bertz CT molecular complexity index is 755. The summed E-state index contributed by atoms with van der Waals surface area (Å²) in [6, 6.07) is 5.81. The summed E-state index contributed by atoms with van der Waals surface area (Å²) in [5.41, 5.74) is 0.711. The lowest BCUT2D eigenvalue weighted by Crippen LogP contribution is -2.40. The number of nitrogens with two attached hydrogens (primary N) is 1. The first-order chi connectivity index (χ1) is 10.5. The maximum absolute atomic E-state index is 12.2. The molecule has 0 spiro atoms. The molecule has 1 amide bonds. The molecule has 0 aromatic heterocycles. The van der Waals surface area contributed by atoms with Gasteiger partial charge in [0.2, 0.25) is 26.0 Å². The Kier molecular flexibility index (Phi) is 6.32. The molecule has 1 rings (SSSR count). The molecule has 1 atom stereocenters. The van der Waals surface area contributed by atoms with Gasteiger partial charge in [-0.2, -0.15) is 0 Å². The lowest BCUT2D eigenvalue weighted by Gasteiger charge is -2.23. The number of carbonyl (C=O) groups excluding carboxylic acids is 1. The summed E-state index contributed by atoms with van der Waals surface area (Å²) in [7, 11) is -7.42. The summed E-state index contributed by atoms with van der Waals surface area (Å²) in [5.74, 6) is -0.814. The molecule has 9 heteroatoms. The van der Waals surface area contributed by atoms with E-state index in [-0.39, 0.29) is 17.4 Å². The van der Waals surface area contributed by atoms with Gasteiger partial charge in [-0.1, -0.05) is 26.0 Å². The van der Waals surface area contributed by atoms with Crippen molar-refractivity contribution in [2.45, 2.75) is 31.6 Å². The van der Waals surface area contributed by atoms with Crippen LogP contribution in [0.4, 0.5) is 0 Å². The van der Waals surface area contributed by atoms with Crippen LogP contribution < -0.4 is 5.14 Å². The number of hydrogen-bond donors (Lipinski definition) is 1. The van der Waals surface area contributed by atoms with Gasteiger partial charge >= 0.3 is 0 Å². The van der Waals surface area contributed by atoms with E-state index in [1.54, 1.807) is 19.1 Å². The standard InChI is InChI=1S/C14H22N2O5S2/c1-4-11(2)14(17)16(22(3,18)19)10-9-12-5-7-13(8-6-12)23(15,20)21/h5-8,11H,4,9-10H2,1-3H3,(H2,15,20,21)/t11-/m1/s1. The summed E-state index contributed by atoms with van der Waals surface area (Å²) < 4.78 is 46.9. The van der Waals surface area contributed by atoms with Crippen LogP contribution in [0.15, 0.2) is 29.2 Å². The molecule has 23 heavy (non-hydrogen) atoms. The molecule has 2 N–H and O–H groups in total. The van der Waals surface area contributed by atoms with Crippen LogP contribution >= 0.6 is 0 Å². The van der Waals surface area contributed by atoms with Crippen molar-refractivity contribution in [1.82, 2.24) is 4.31 Å². The van der Waals surface area contributed by atoms with Crippen molar-refractivity contribution in [3.05, 3.63) is 29.8 Å². The van der Waals surface area contributed by atoms with Crippen molar-refractivity contribution in [3.8, 4) is 0 Å². The number of sulfonamides is 2. The molecular formula is C14H22N2O5S2. The van der Waals surface area contributed by atoms with Crippen molar-refractivity contribution in [2.75, 3.05) is 12.8 Å². The summed E-state index contributed by atoms with van der Waals surface area (Å²) in [6.45, 7) is 3.51. The van der Waals surface area contributed by atoms with Crippen molar-refractivity contribution < 1.29 is 21.6 Å². The molecule has 1 aromatic rings. The van der Waals surface area contributed by atoms with E-state index in [0.29, 0.717) is 18.4 Å². The SMILES string of the molecule is CC[C@@H](C)C(=O)N(CCc1ccc(S(N)(=O)=O)cc1)S(C)(=O)=O. The highest BCUT2D eigenvalue weighted by Gasteiger charge is 2.26. The first-order valence-electron chi connectivity index (χ1n) is 7.10. The zero-order chi connectivity index (χ0) is 17.8. The summed E-state index contributed by atoms with van der Waals surface area (Å²) in [6.07, 6.45) is 1.84. The molecule has 0 fully saturated rings. The van der Waals surface area contributed by atoms with Gasteiger partial charge in [0.15, 0.2) is 0 Å². The third kappa shape index (κ3) is 5.60.